The molecule has 0 radical (unpaired) electrons. The number of nitrogens with zero attached hydrogens (tertiary/aromatic N) is 3. The number of pyridine rings is 1. The number of nitrogens with one attached hydrogen (secondary N) is 1. The number of aromatic nitrogens is 3. The van der Waals surface area contributed by atoms with Gasteiger partial charge in [0.2, 0.25) is 10.6 Å². The molecule has 24 heavy (non-hydrogen) atoms. The van der Waals surface area contributed by atoms with Gasteiger partial charge < -0.3 is 9.30 Å². The molecule has 0 saturated carbocycles. The topological polar surface area (TPSA) is 86.1 Å². The molecular formula is C16H14N4O3S. The van der Waals surface area contributed by atoms with Crippen LogP contribution in [0.4, 0.5) is 5.13 Å². The highest BCUT2D eigenvalue weighted by Crippen LogP contribution is 2.12. The Morgan fingerprint density at radius 2 is 2.12 bits per heavy atom. The number of hydrogen-bond acceptors (Lipinski definition) is 6. The van der Waals surface area contributed by atoms with Gasteiger partial charge >= 0.3 is 0 Å². The van der Waals surface area contributed by atoms with Gasteiger partial charge in [-0.3, -0.25) is 14.9 Å². The summed E-state index contributed by atoms with van der Waals surface area (Å²) in [6.07, 6.45) is 1.50. The summed E-state index contributed by atoms with van der Waals surface area (Å²) in [4.78, 5) is 24.4. The van der Waals surface area contributed by atoms with Crippen LogP contribution in [0.5, 0.6) is 5.75 Å². The van der Waals surface area contributed by atoms with Gasteiger partial charge in [0.15, 0.2) is 5.75 Å². The Kier molecular flexibility index (Phi) is 4.66. The molecule has 0 unspecified atom stereocenters. The molecule has 7 nitrogen and oxygen atoms in total. The summed E-state index contributed by atoms with van der Waals surface area (Å²) in [5, 5.41) is 10.3. The first-order valence-electron chi connectivity index (χ1n) is 7.08. The second-order valence-electron chi connectivity index (χ2n) is 4.97. The Bertz CT molecular complexity index is 891. The van der Waals surface area contributed by atoms with E-state index in [1.165, 1.54) is 33.7 Å². The van der Waals surface area contributed by atoms with Crippen molar-refractivity contribution in [3.05, 3.63) is 69.6 Å². The normalized spacial score (nSPS) is 10.4. The predicted molar refractivity (Wildman–Crippen MR) is 90.3 cm³/mol. The van der Waals surface area contributed by atoms with Crippen LogP contribution in [0.2, 0.25) is 0 Å². The Morgan fingerprint density at radius 1 is 1.33 bits per heavy atom. The van der Waals surface area contributed by atoms with Crippen LogP contribution < -0.4 is 15.5 Å². The van der Waals surface area contributed by atoms with Gasteiger partial charge in [0.1, 0.15) is 17.8 Å². The van der Waals surface area contributed by atoms with Crippen LogP contribution >= 0.6 is 11.3 Å². The molecular weight excluding hydrogens is 328 g/mol. The zero-order valence-corrected chi connectivity index (χ0v) is 13.6. The molecule has 1 amide bonds. The van der Waals surface area contributed by atoms with Crippen molar-refractivity contribution in [2.24, 2.45) is 7.05 Å². The van der Waals surface area contributed by atoms with E-state index in [0.29, 0.717) is 5.13 Å². The van der Waals surface area contributed by atoms with Crippen molar-refractivity contribution < 1.29 is 9.53 Å². The van der Waals surface area contributed by atoms with Crippen LogP contribution in [-0.4, -0.2) is 20.7 Å². The maximum Gasteiger partial charge on any atom is 0.274 e. The minimum Gasteiger partial charge on any atom is -0.483 e. The fourth-order valence-electron chi connectivity index (χ4n) is 2.06. The summed E-state index contributed by atoms with van der Waals surface area (Å²) >= 11 is 1.20. The summed E-state index contributed by atoms with van der Waals surface area (Å²) < 4.78 is 7.10. The zero-order chi connectivity index (χ0) is 16.9. The number of benzene rings is 1. The van der Waals surface area contributed by atoms with E-state index in [1.54, 1.807) is 7.05 Å². The van der Waals surface area contributed by atoms with E-state index in [0.717, 1.165) is 5.56 Å². The van der Waals surface area contributed by atoms with E-state index in [2.05, 4.69) is 15.5 Å². The van der Waals surface area contributed by atoms with Crippen molar-refractivity contribution in [3.8, 4) is 5.75 Å². The molecule has 0 saturated heterocycles. The fraction of sp³-hybridized carbons (Fsp3) is 0.125. The Morgan fingerprint density at radius 3 is 2.83 bits per heavy atom. The standard InChI is InChI=1S/C16H14N4O3S/c1-20-8-14(23-9-11-5-3-2-4-6-11)13(21)7-12(20)15(22)18-16-19-17-10-24-16/h2-8,10H,9H2,1H3,(H,18,19,22). The maximum absolute atomic E-state index is 12.2. The van der Waals surface area contributed by atoms with Crippen LogP contribution in [0.25, 0.3) is 0 Å². The summed E-state index contributed by atoms with van der Waals surface area (Å²) in [6, 6.07) is 10.8. The third-order valence-corrected chi connectivity index (χ3v) is 3.86. The van der Waals surface area contributed by atoms with Crippen molar-refractivity contribution in [1.29, 1.82) is 0 Å². The third-order valence-electron chi connectivity index (χ3n) is 3.25. The minimum atomic E-state index is -0.430. The molecule has 1 N–H and O–H groups in total. The first-order valence-corrected chi connectivity index (χ1v) is 7.96. The molecule has 3 rings (SSSR count). The average Bonchev–Trinajstić information content (AvgIpc) is 3.09. The molecule has 1 aromatic carbocycles. The maximum atomic E-state index is 12.2. The van der Waals surface area contributed by atoms with Gasteiger partial charge in [-0.25, -0.2) is 0 Å². The molecule has 0 atom stereocenters. The Hall–Kier alpha value is -3.00. The molecule has 2 heterocycles. The lowest BCUT2D eigenvalue weighted by atomic mass is 10.2. The average molecular weight is 342 g/mol. The van der Waals surface area contributed by atoms with E-state index in [4.69, 9.17) is 4.74 Å². The molecule has 2 aromatic heterocycles. The van der Waals surface area contributed by atoms with Gasteiger partial charge in [-0.15, -0.1) is 10.2 Å². The van der Waals surface area contributed by atoms with E-state index in [-0.39, 0.29) is 23.5 Å². The Labute approximate surface area is 141 Å². The zero-order valence-electron chi connectivity index (χ0n) is 12.8. The quantitative estimate of drug-likeness (QED) is 0.767. The van der Waals surface area contributed by atoms with E-state index >= 15 is 0 Å². The first kappa shape index (κ1) is 15.9. The molecule has 0 spiro atoms. The van der Waals surface area contributed by atoms with Crippen molar-refractivity contribution in [2.45, 2.75) is 6.61 Å². The molecule has 122 valence electrons. The molecule has 0 aliphatic carbocycles. The molecule has 0 bridgehead atoms. The number of carbonyl (C=O) groups excluding carboxylic acids is 1. The molecule has 0 aliphatic rings. The monoisotopic (exact) mass is 342 g/mol. The van der Waals surface area contributed by atoms with Crippen LogP contribution in [0.15, 0.2) is 52.9 Å². The van der Waals surface area contributed by atoms with Gasteiger partial charge in [0, 0.05) is 13.1 Å². The minimum absolute atomic E-state index is 0.189. The molecule has 8 heteroatoms. The van der Waals surface area contributed by atoms with Crippen LogP contribution in [-0.2, 0) is 13.7 Å². The largest absolute Gasteiger partial charge is 0.483 e. The molecule has 3 aromatic rings. The molecule has 0 fully saturated rings. The number of carbonyl (C=O) groups is 1. The van der Waals surface area contributed by atoms with Crippen molar-refractivity contribution in [1.82, 2.24) is 14.8 Å². The number of aryl methyl sites for hydroxylation is 1. The van der Waals surface area contributed by atoms with Gasteiger partial charge in [-0.2, -0.15) is 0 Å². The summed E-state index contributed by atoms with van der Waals surface area (Å²) in [5.41, 5.74) is 2.32. The highest BCUT2D eigenvalue weighted by Gasteiger charge is 2.14. The highest BCUT2D eigenvalue weighted by atomic mass is 32.1. The van der Waals surface area contributed by atoms with Gasteiger partial charge in [-0.05, 0) is 5.56 Å². The lowest BCUT2D eigenvalue weighted by Gasteiger charge is -2.11. The second-order valence-corrected chi connectivity index (χ2v) is 5.80. The third kappa shape index (κ3) is 3.66. The number of rotatable bonds is 5. The van der Waals surface area contributed by atoms with Gasteiger partial charge in [-0.1, -0.05) is 41.7 Å². The van der Waals surface area contributed by atoms with E-state index in [9.17, 15) is 9.59 Å². The smallest absolute Gasteiger partial charge is 0.274 e. The number of amides is 1. The van der Waals surface area contributed by atoms with Crippen molar-refractivity contribution in [3.63, 3.8) is 0 Å². The summed E-state index contributed by atoms with van der Waals surface area (Å²) in [5.74, 6) is -0.241. The summed E-state index contributed by atoms with van der Waals surface area (Å²) in [6.45, 7) is 0.284. The number of anilines is 1. The van der Waals surface area contributed by atoms with Crippen molar-refractivity contribution in [2.75, 3.05) is 5.32 Å². The van der Waals surface area contributed by atoms with E-state index in [1.807, 2.05) is 30.3 Å². The van der Waals surface area contributed by atoms with Gasteiger partial charge in [0.05, 0.1) is 6.20 Å². The highest BCUT2D eigenvalue weighted by molar-refractivity contribution is 7.13. The van der Waals surface area contributed by atoms with E-state index < -0.39 is 5.91 Å². The second kappa shape index (κ2) is 7.05. The van der Waals surface area contributed by atoms with Gasteiger partial charge in [0.25, 0.3) is 5.91 Å². The lowest BCUT2D eigenvalue weighted by molar-refractivity contribution is 0.101. The molecule has 0 aliphatic heterocycles. The lowest BCUT2D eigenvalue weighted by Crippen LogP contribution is -2.21. The Balaban J connectivity index is 1.76. The SMILES string of the molecule is Cn1cc(OCc2ccccc2)c(=O)cc1C(=O)Nc1nncs1. The number of hydrogen-bond donors (Lipinski definition) is 1. The van der Waals surface area contributed by atoms with Crippen LogP contribution in [0, 0.1) is 0 Å². The number of ether oxygens (including phenoxy) is 1. The predicted octanol–water partition coefficient (Wildman–Crippen LogP) is 2.07. The first-order chi connectivity index (χ1) is 11.6. The fourth-order valence-corrected chi connectivity index (χ4v) is 2.50. The van der Waals surface area contributed by atoms with Crippen LogP contribution in [0.1, 0.15) is 16.1 Å². The van der Waals surface area contributed by atoms with Crippen molar-refractivity contribution >= 4 is 22.4 Å². The summed E-state index contributed by atoms with van der Waals surface area (Å²) in [7, 11) is 1.67. The van der Waals surface area contributed by atoms with Crippen LogP contribution in [0.3, 0.4) is 0 Å².